The summed E-state index contributed by atoms with van der Waals surface area (Å²) in [5.74, 6) is 0.985. The summed E-state index contributed by atoms with van der Waals surface area (Å²) in [5, 5.41) is 12.8. The Labute approximate surface area is 317 Å². The van der Waals surface area contributed by atoms with Crippen LogP contribution in [0.3, 0.4) is 0 Å². The van der Waals surface area contributed by atoms with Crippen LogP contribution in [0.15, 0.2) is 59.5 Å². The molecule has 3 aliphatic rings. The fourth-order valence-electron chi connectivity index (χ4n) is 8.19. The van der Waals surface area contributed by atoms with Crippen LogP contribution in [-0.2, 0) is 18.2 Å². The first-order valence-electron chi connectivity index (χ1n) is 17.7. The predicted molar refractivity (Wildman–Crippen MR) is 206 cm³/mol. The third-order valence-corrected chi connectivity index (χ3v) is 11.6. The van der Waals surface area contributed by atoms with E-state index in [1.807, 2.05) is 54.3 Å². The number of aryl methyl sites for hydroxylation is 3. The van der Waals surface area contributed by atoms with Gasteiger partial charge in [-0.3, -0.25) is 9.69 Å². The van der Waals surface area contributed by atoms with Gasteiger partial charge >= 0.3 is 6.03 Å². The molecule has 2 atom stereocenters. The summed E-state index contributed by atoms with van der Waals surface area (Å²) in [5.41, 5.74) is 5.99. The number of carbonyl (C=O) groups excluding carboxylic acids is 1. The van der Waals surface area contributed by atoms with E-state index in [1.54, 1.807) is 27.5 Å². The first-order valence-corrected chi connectivity index (χ1v) is 18.4. The quantitative estimate of drug-likeness (QED) is 0.173. The molecule has 0 saturated carbocycles. The predicted octanol–water partition coefficient (Wildman–Crippen LogP) is 6.53. The molecule has 3 aromatic heterocycles. The van der Waals surface area contributed by atoms with E-state index >= 15 is 0 Å². The van der Waals surface area contributed by atoms with Crippen molar-refractivity contribution in [1.29, 1.82) is 0 Å². The largest absolute Gasteiger partial charge is 0.481 e. The van der Waals surface area contributed by atoms with Crippen molar-refractivity contribution in [3.8, 4) is 28.3 Å². The van der Waals surface area contributed by atoms with Crippen LogP contribution < -0.4 is 20.9 Å². The molecule has 12 nitrogen and oxygen atoms in total. The van der Waals surface area contributed by atoms with Gasteiger partial charge in [0.1, 0.15) is 5.82 Å². The van der Waals surface area contributed by atoms with Gasteiger partial charge in [-0.15, -0.1) is 0 Å². The lowest BCUT2D eigenvalue weighted by Crippen LogP contribution is -2.46. The lowest BCUT2D eigenvalue weighted by atomic mass is 9.99. The lowest BCUT2D eigenvalue weighted by molar-refractivity contribution is 0.158. The van der Waals surface area contributed by atoms with E-state index in [0.717, 1.165) is 54.7 Å². The summed E-state index contributed by atoms with van der Waals surface area (Å²) >= 11 is 14.3. The number of carbonyl (C=O) groups is 1. The molecule has 5 heterocycles. The summed E-state index contributed by atoms with van der Waals surface area (Å²) in [6, 6.07) is 15.5. The molecule has 1 aliphatic carbocycles. The van der Waals surface area contributed by atoms with E-state index in [4.69, 9.17) is 37.7 Å². The van der Waals surface area contributed by atoms with Gasteiger partial charge in [-0.1, -0.05) is 53.5 Å². The van der Waals surface area contributed by atoms with Crippen molar-refractivity contribution >= 4 is 51.5 Å². The Morgan fingerprint density at radius 2 is 1.79 bits per heavy atom. The number of nitrogens with zero attached hydrogens (tertiary/aromatic N) is 6. The molecule has 2 amide bonds. The Bertz CT molecular complexity index is 2330. The number of urea groups is 1. The number of pyridine rings is 2. The van der Waals surface area contributed by atoms with Crippen molar-refractivity contribution in [1.82, 2.24) is 34.9 Å². The van der Waals surface area contributed by atoms with Gasteiger partial charge in [0.25, 0.3) is 5.56 Å². The summed E-state index contributed by atoms with van der Waals surface area (Å²) in [6.07, 6.45) is 4.35. The zero-order valence-corrected chi connectivity index (χ0v) is 31.5. The van der Waals surface area contributed by atoms with Gasteiger partial charge < -0.3 is 25.0 Å². The van der Waals surface area contributed by atoms with Gasteiger partial charge in [0.2, 0.25) is 5.88 Å². The molecule has 8 rings (SSSR count). The molecule has 0 bridgehead atoms. The molecular formula is C39H40Cl2N8O4. The first-order chi connectivity index (χ1) is 25.6. The molecule has 0 unspecified atom stereocenters. The molecule has 1 spiro atoms. The summed E-state index contributed by atoms with van der Waals surface area (Å²) in [7, 11) is 4.92. The van der Waals surface area contributed by atoms with Crippen LogP contribution in [0.5, 0.6) is 5.88 Å². The monoisotopic (exact) mass is 754 g/mol. The number of methoxy groups -OCH3 is 2. The lowest BCUT2D eigenvalue weighted by Gasteiger charge is -2.28. The minimum Gasteiger partial charge on any atom is -0.481 e. The van der Waals surface area contributed by atoms with Gasteiger partial charge in [-0.25, -0.2) is 19.4 Å². The molecule has 53 heavy (non-hydrogen) atoms. The molecule has 2 aromatic carbocycles. The number of halogens is 2. The normalized spacial score (nSPS) is 19.7. The second kappa shape index (κ2) is 13.9. The Morgan fingerprint density at radius 3 is 2.58 bits per heavy atom. The highest BCUT2D eigenvalue weighted by atomic mass is 35.5. The SMILES string of the molecule is COCCN1C[C@]2(CCN([C@H]3CCc4cc(-c5cccc(-c6cccc(Nc7nc(C)cc8cnn(C)c(=O)c78)c6Cl)c5Cl)nc(OC)c43)C2)NC1=O. The zero-order valence-electron chi connectivity index (χ0n) is 30.0. The Balaban J connectivity index is 1.09. The molecule has 2 N–H and O–H groups in total. The van der Waals surface area contributed by atoms with E-state index in [1.165, 1.54) is 10.2 Å². The summed E-state index contributed by atoms with van der Waals surface area (Å²) < 4.78 is 12.5. The summed E-state index contributed by atoms with van der Waals surface area (Å²) in [4.78, 5) is 39.8. The maximum atomic E-state index is 13.1. The highest BCUT2D eigenvalue weighted by Gasteiger charge is 2.49. The number of rotatable bonds is 9. The van der Waals surface area contributed by atoms with Crippen LogP contribution in [0.1, 0.15) is 35.7 Å². The number of benzene rings is 2. The number of amides is 2. The number of likely N-dealkylation sites (tertiary alicyclic amines) is 1. The Hall–Kier alpha value is -4.75. The molecule has 2 fully saturated rings. The van der Waals surface area contributed by atoms with E-state index in [0.29, 0.717) is 69.2 Å². The van der Waals surface area contributed by atoms with Crippen molar-refractivity contribution in [2.45, 2.75) is 37.8 Å². The van der Waals surface area contributed by atoms with Gasteiger partial charge in [0.05, 0.1) is 52.3 Å². The smallest absolute Gasteiger partial charge is 0.318 e. The van der Waals surface area contributed by atoms with Crippen LogP contribution >= 0.6 is 23.2 Å². The first kappa shape index (κ1) is 35.3. The standard InChI is InChI=1S/C39H40Cl2N8O4/c1-22-17-24-19-42-47(2)37(50)32(24)35(43-22)44-28-10-6-8-26(34(28)41)25-7-5-9-27(33(25)40)29-18-23-11-12-30(31(23)36(45-29)53-4)48-14-13-39(20-48)21-49(15-16-52-3)38(51)46-39/h5-10,17-19,30H,11-16,20-21H2,1-4H3,(H,43,44)(H,46,51)/t30-,39+/m0/s1. The van der Waals surface area contributed by atoms with Gasteiger partial charge in [-0.05, 0) is 49.9 Å². The number of aromatic nitrogens is 4. The fourth-order valence-corrected chi connectivity index (χ4v) is 8.79. The zero-order chi connectivity index (χ0) is 37.0. The van der Waals surface area contributed by atoms with E-state index in [-0.39, 0.29) is 23.2 Å². The Kier molecular flexibility index (Phi) is 9.26. The van der Waals surface area contributed by atoms with Crippen LogP contribution in [-0.4, -0.2) is 88.1 Å². The van der Waals surface area contributed by atoms with E-state index in [9.17, 15) is 9.59 Å². The van der Waals surface area contributed by atoms with Crippen molar-refractivity contribution < 1.29 is 14.3 Å². The topological polar surface area (TPSA) is 127 Å². The molecule has 274 valence electrons. The molecule has 2 saturated heterocycles. The van der Waals surface area contributed by atoms with Gasteiger partial charge in [-0.2, -0.15) is 5.10 Å². The van der Waals surface area contributed by atoms with Crippen LogP contribution in [0, 0.1) is 6.92 Å². The van der Waals surface area contributed by atoms with E-state index < -0.39 is 0 Å². The van der Waals surface area contributed by atoms with Gasteiger partial charge in [0, 0.05) is 79.7 Å². The number of nitrogens with one attached hydrogen (secondary N) is 2. The number of fused-ring (bicyclic) bond motifs is 2. The average Bonchev–Trinajstić information content (AvgIpc) is 3.85. The molecule has 14 heteroatoms. The molecule has 0 radical (unpaired) electrons. The Morgan fingerprint density at radius 1 is 1.02 bits per heavy atom. The average molecular weight is 756 g/mol. The number of ether oxygens (including phenoxy) is 2. The number of hydrogen-bond acceptors (Lipinski definition) is 9. The third-order valence-electron chi connectivity index (χ3n) is 10.7. The van der Waals surface area contributed by atoms with Crippen molar-refractivity contribution in [2.75, 3.05) is 52.3 Å². The van der Waals surface area contributed by atoms with Crippen LogP contribution in [0.4, 0.5) is 16.3 Å². The number of anilines is 2. The minimum absolute atomic E-state index is 0.0234. The molecule has 5 aromatic rings. The van der Waals surface area contributed by atoms with Crippen LogP contribution in [0.25, 0.3) is 33.2 Å². The van der Waals surface area contributed by atoms with Crippen LogP contribution in [0.2, 0.25) is 10.0 Å². The second-order valence-electron chi connectivity index (χ2n) is 14.1. The summed E-state index contributed by atoms with van der Waals surface area (Å²) in [6.45, 7) is 5.28. The maximum absolute atomic E-state index is 13.1. The highest BCUT2D eigenvalue weighted by Crippen LogP contribution is 2.47. The minimum atomic E-state index is -0.269. The fraction of sp³-hybridized carbons (Fsp3) is 0.359. The number of hydrogen-bond donors (Lipinski definition) is 2. The van der Waals surface area contributed by atoms with E-state index in [2.05, 4.69) is 31.7 Å². The van der Waals surface area contributed by atoms with Crippen molar-refractivity contribution in [2.24, 2.45) is 7.05 Å². The van der Waals surface area contributed by atoms with Gasteiger partial charge in [0.15, 0.2) is 0 Å². The van der Waals surface area contributed by atoms with Crippen molar-refractivity contribution in [3.63, 3.8) is 0 Å². The second-order valence-corrected chi connectivity index (χ2v) is 14.9. The highest BCUT2D eigenvalue weighted by molar-refractivity contribution is 6.39. The molecular weight excluding hydrogens is 715 g/mol. The molecule has 2 aliphatic heterocycles. The third kappa shape index (κ3) is 6.27. The van der Waals surface area contributed by atoms with Crippen molar-refractivity contribution in [3.05, 3.63) is 91.9 Å². The maximum Gasteiger partial charge on any atom is 0.318 e.